The number of rotatable bonds is 9. The van der Waals surface area contributed by atoms with Crippen LogP contribution >= 0.6 is 0 Å². The lowest BCUT2D eigenvalue weighted by Crippen LogP contribution is -2.33. The molecule has 2 amide bonds. The molecule has 136 valence electrons. The SMILES string of the molecule is CC(=O)c1ccc(OCC(=O)NCCC(=O)NCc2ccccc2)cc1. The highest BCUT2D eigenvalue weighted by atomic mass is 16.5. The molecule has 0 saturated heterocycles. The number of amides is 2. The Bertz CT molecular complexity index is 742. The van der Waals surface area contributed by atoms with Crippen LogP contribution in [0.2, 0.25) is 0 Å². The van der Waals surface area contributed by atoms with E-state index in [9.17, 15) is 14.4 Å². The van der Waals surface area contributed by atoms with Crippen molar-refractivity contribution in [3.05, 3.63) is 65.7 Å². The zero-order valence-corrected chi connectivity index (χ0v) is 14.7. The number of Topliss-reactive ketones (excluding diaryl/α,β-unsaturated/α-hetero) is 1. The standard InChI is InChI=1S/C20H22N2O4/c1-15(23)17-7-9-18(10-8-17)26-14-20(25)21-12-11-19(24)22-13-16-5-3-2-4-6-16/h2-10H,11-14H2,1H3,(H,21,25)(H,22,24). The Hall–Kier alpha value is -3.15. The van der Waals surface area contributed by atoms with Gasteiger partial charge in [0.2, 0.25) is 5.91 Å². The lowest BCUT2D eigenvalue weighted by molar-refractivity contribution is -0.123. The molecule has 26 heavy (non-hydrogen) atoms. The normalized spacial score (nSPS) is 10.0. The van der Waals surface area contributed by atoms with E-state index in [0.29, 0.717) is 17.9 Å². The van der Waals surface area contributed by atoms with Crippen LogP contribution in [0.5, 0.6) is 5.75 Å². The number of nitrogens with one attached hydrogen (secondary N) is 2. The molecule has 0 aliphatic rings. The molecule has 6 nitrogen and oxygen atoms in total. The van der Waals surface area contributed by atoms with Crippen molar-refractivity contribution in [1.82, 2.24) is 10.6 Å². The first-order valence-electron chi connectivity index (χ1n) is 8.35. The maximum Gasteiger partial charge on any atom is 0.257 e. The van der Waals surface area contributed by atoms with Gasteiger partial charge in [0.25, 0.3) is 5.91 Å². The largest absolute Gasteiger partial charge is 0.484 e. The van der Waals surface area contributed by atoms with E-state index in [-0.39, 0.29) is 37.2 Å². The Morgan fingerprint density at radius 2 is 1.58 bits per heavy atom. The van der Waals surface area contributed by atoms with Crippen molar-refractivity contribution < 1.29 is 19.1 Å². The number of ketones is 1. The van der Waals surface area contributed by atoms with Gasteiger partial charge < -0.3 is 15.4 Å². The Morgan fingerprint density at radius 3 is 2.23 bits per heavy atom. The molecule has 0 radical (unpaired) electrons. The Kier molecular flexibility index (Phi) is 7.36. The van der Waals surface area contributed by atoms with Crippen LogP contribution in [0.3, 0.4) is 0 Å². The van der Waals surface area contributed by atoms with Crippen molar-refractivity contribution in [1.29, 1.82) is 0 Å². The molecular formula is C20H22N2O4. The lowest BCUT2D eigenvalue weighted by Gasteiger charge is -2.08. The quantitative estimate of drug-likeness (QED) is 0.676. The fourth-order valence-electron chi connectivity index (χ4n) is 2.19. The van der Waals surface area contributed by atoms with Gasteiger partial charge in [-0.25, -0.2) is 0 Å². The number of benzene rings is 2. The summed E-state index contributed by atoms with van der Waals surface area (Å²) in [6.45, 7) is 2.05. The highest BCUT2D eigenvalue weighted by Gasteiger charge is 2.06. The number of carbonyl (C=O) groups excluding carboxylic acids is 3. The summed E-state index contributed by atoms with van der Waals surface area (Å²) < 4.78 is 5.34. The summed E-state index contributed by atoms with van der Waals surface area (Å²) in [5.74, 6) is 0.0389. The predicted octanol–water partition coefficient (Wildman–Crippen LogP) is 2.09. The van der Waals surface area contributed by atoms with E-state index in [4.69, 9.17) is 4.74 Å². The van der Waals surface area contributed by atoms with Crippen LogP contribution in [0.15, 0.2) is 54.6 Å². The van der Waals surface area contributed by atoms with Gasteiger partial charge in [-0.2, -0.15) is 0 Å². The number of hydrogen-bond acceptors (Lipinski definition) is 4. The van der Waals surface area contributed by atoms with E-state index in [1.807, 2.05) is 30.3 Å². The molecule has 0 aliphatic carbocycles. The maximum atomic E-state index is 11.7. The van der Waals surface area contributed by atoms with Crippen LogP contribution in [0, 0.1) is 0 Å². The first-order chi connectivity index (χ1) is 12.5. The van der Waals surface area contributed by atoms with E-state index < -0.39 is 0 Å². The average Bonchev–Trinajstić information content (AvgIpc) is 2.66. The van der Waals surface area contributed by atoms with Gasteiger partial charge in [0.1, 0.15) is 5.75 Å². The summed E-state index contributed by atoms with van der Waals surface area (Å²) in [7, 11) is 0. The molecule has 2 aromatic carbocycles. The second-order valence-electron chi connectivity index (χ2n) is 5.73. The highest BCUT2D eigenvalue weighted by Crippen LogP contribution is 2.12. The summed E-state index contributed by atoms with van der Waals surface area (Å²) in [5, 5.41) is 5.43. The first-order valence-corrected chi connectivity index (χ1v) is 8.35. The minimum Gasteiger partial charge on any atom is -0.484 e. The van der Waals surface area contributed by atoms with Crippen LogP contribution in [0.1, 0.15) is 29.3 Å². The molecular weight excluding hydrogens is 332 g/mol. The zero-order chi connectivity index (χ0) is 18.8. The first kappa shape index (κ1) is 19.2. The van der Waals surface area contributed by atoms with Crippen molar-refractivity contribution in [3.8, 4) is 5.75 Å². The smallest absolute Gasteiger partial charge is 0.257 e. The summed E-state index contributed by atoms with van der Waals surface area (Å²) in [4.78, 5) is 34.7. The van der Waals surface area contributed by atoms with Crippen molar-refractivity contribution in [2.45, 2.75) is 19.9 Å². The Balaban J connectivity index is 1.61. The molecule has 0 bridgehead atoms. The molecule has 2 rings (SSSR count). The van der Waals surface area contributed by atoms with Gasteiger partial charge in [0, 0.05) is 25.1 Å². The molecule has 2 aromatic rings. The maximum absolute atomic E-state index is 11.7. The highest BCUT2D eigenvalue weighted by molar-refractivity contribution is 5.94. The van der Waals surface area contributed by atoms with Crippen molar-refractivity contribution >= 4 is 17.6 Å². The lowest BCUT2D eigenvalue weighted by atomic mass is 10.1. The predicted molar refractivity (Wildman–Crippen MR) is 97.9 cm³/mol. The third-order valence-electron chi connectivity index (χ3n) is 3.64. The summed E-state index contributed by atoms with van der Waals surface area (Å²) in [6, 6.07) is 16.2. The van der Waals surface area contributed by atoms with Crippen molar-refractivity contribution in [3.63, 3.8) is 0 Å². The molecule has 0 atom stereocenters. The van der Waals surface area contributed by atoms with Crippen LogP contribution in [0.4, 0.5) is 0 Å². The van der Waals surface area contributed by atoms with Gasteiger partial charge in [-0.15, -0.1) is 0 Å². The van der Waals surface area contributed by atoms with Gasteiger partial charge in [0.05, 0.1) is 0 Å². The van der Waals surface area contributed by atoms with Gasteiger partial charge in [0.15, 0.2) is 12.4 Å². The van der Waals surface area contributed by atoms with E-state index in [1.165, 1.54) is 6.92 Å². The topological polar surface area (TPSA) is 84.5 Å². The van der Waals surface area contributed by atoms with E-state index >= 15 is 0 Å². The molecule has 6 heteroatoms. The van der Waals surface area contributed by atoms with E-state index in [2.05, 4.69) is 10.6 Å². The molecule has 0 saturated carbocycles. The van der Waals surface area contributed by atoms with Gasteiger partial charge in [-0.3, -0.25) is 14.4 Å². The fraction of sp³-hybridized carbons (Fsp3) is 0.250. The van der Waals surface area contributed by atoms with Gasteiger partial charge in [-0.05, 0) is 36.8 Å². The summed E-state index contributed by atoms with van der Waals surface area (Å²) in [5.41, 5.74) is 1.61. The minimum atomic E-state index is -0.309. The Morgan fingerprint density at radius 1 is 0.885 bits per heavy atom. The molecule has 0 aromatic heterocycles. The van der Waals surface area contributed by atoms with Crippen molar-refractivity contribution in [2.75, 3.05) is 13.2 Å². The second-order valence-corrected chi connectivity index (χ2v) is 5.73. The third kappa shape index (κ3) is 6.76. The zero-order valence-electron chi connectivity index (χ0n) is 14.7. The fourth-order valence-corrected chi connectivity index (χ4v) is 2.19. The molecule has 0 spiro atoms. The summed E-state index contributed by atoms with van der Waals surface area (Å²) in [6.07, 6.45) is 0.200. The number of ether oxygens (including phenoxy) is 1. The van der Waals surface area contributed by atoms with Gasteiger partial charge >= 0.3 is 0 Å². The van der Waals surface area contributed by atoms with Crippen molar-refractivity contribution in [2.24, 2.45) is 0 Å². The molecule has 0 unspecified atom stereocenters. The van der Waals surface area contributed by atoms with E-state index in [0.717, 1.165) is 5.56 Å². The monoisotopic (exact) mass is 354 g/mol. The second kappa shape index (κ2) is 9.98. The van der Waals surface area contributed by atoms with E-state index in [1.54, 1.807) is 24.3 Å². The third-order valence-corrected chi connectivity index (χ3v) is 3.64. The summed E-state index contributed by atoms with van der Waals surface area (Å²) >= 11 is 0. The minimum absolute atomic E-state index is 0.0279. The molecule has 0 aliphatic heterocycles. The van der Waals surface area contributed by atoms with Crippen LogP contribution < -0.4 is 15.4 Å². The molecule has 2 N–H and O–H groups in total. The van der Waals surface area contributed by atoms with Crippen LogP contribution in [-0.4, -0.2) is 30.7 Å². The Labute approximate surface area is 152 Å². The van der Waals surface area contributed by atoms with Gasteiger partial charge in [-0.1, -0.05) is 30.3 Å². The van der Waals surface area contributed by atoms with Crippen LogP contribution in [0.25, 0.3) is 0 Å². The van der Waals surface area contributed by atoms with Crippen LogP contribution in [-0.2, 0) is 16.1 Å². The molecule has 0 fully saturated rings. The number of carbonyl (C=O) groups is 3. The number of hydrogen-bond donors (Lipinski definition) is 2. The average molecular weight is 354 g/mol. The molecule has 0 heterocycles.